The fourth-order valence-corrected chi connectivity index (χ4v) is 3.18. The van der Waals surface area contributed by atoms with Gasteiger partial charge in [0, 0.05) is 33.7 Å². The molecule has 3 aromatic rings. The van der Waals surface area contributed by atoms with E-state index in [1.807, 2.05) is 42.5 Å². The van der Waals surface area contributed by atoms with Crippen molar-refractivity contribution in [3.05, 3.63) is 98.7 Å². The average Bonchev–Trinajstić information content (AvgIpc) is 2.64. The molecule has 0 aromatic heterocycles. The number of hydrogen-bond acceptors (Lipinski definition) is 2. The van der Waals surface area contributed by atoms with E-state index in [0.29, 0.717) is 18.7 Å². The Kier molecular flexibility index (Phi) is 6.67. The van der Waals surface area contributed by atoms with E-state index in [0.717, 1.165) is 26.4 Å². The van der Waals surface area contributed by atoms with E-state index in [1.165, 1.54) is 6.07 Å². The molecule has 0 radical (unpaired) electrons. The Balaban J connectivity index is 1.66. The summed E-state index contributed by atoms with van der Waals surface area (Å²) in [6, 6.07) is 20.2. The minimum absolute atomic E-state index is 0.186. The lowest BCUT2D eigenvalue weighted by molar-refractivity contribution is 0.296. The van der Waals surface area contributed by atoms with Gasteiger partial charge in [0.25, 0.3) is 0 Å². The highest BCUT2D eigenvalue weighted by Gasteiger charge is 2.08. The first-order valence-electron chi connectivity index (χ1n) is 8.22. The van der Waals surface area contributed by atoms with Crippen molar-refractivity contribution >= 4 is 27.5 Å². The lowest BCUT2D eigenvalue weighted by Gasteiger charge is -2.14. The summed E-state index contributed by atoms with van der Waals surface area (Å²) in [6.07, 6.45) is 0. The number of hydrogen-bond donors (Lipinski definition) is 1. The normalized spacial score (nSPS) is 10.7. The van der Waals surface area contributed by atoms with Crippen LogP contribution in [0.1, 0.15) is 16.7 Å². The van der Waals surface area contributed by atoms with Crippen LogP contribution in [0.3, 0.4) is 0 Å². The van der Waals surface area contributed by atoms with Crippen LogP contribution in [0.4, 0.5) is 4.39 Å². The Labute approximate surface area is 166 Å². The summed E-state index contributed by atoms with van der Waals surface area (Å²) in [5, 5.41) is 4.12. The Morgan fingerprint density at radius 1 is 0.885 bits per heavy atom. The monoisotopic (exact) mass is 433 g/mol. The molecule has 0 saturated carbocycles. The Morgan fingerprint density at radius 2 is 1.58 bits per heavy atom. The van der Waals surface area contributed by atoms with Gasteiger partial charge in [0.05, 0.1) is 0 Å². The zero-order valence-electron chi connectivity index (χ0n) is 14.0. The maximum absolute atomic E-state index is 13.8. The van der Waals surface area contributed by atoms with E-state index < -0.39 is 0 Å². The van der Waals surface area contributed by atoms with Crippen molar-refractivity contribution in [1.29, 1.82) is 0 Å². The van der Waals surface area contributed by atoms with Crippen molar-refractivity contribution in [3.8, 4) is 5.75 Å². The van der Waals surface area contributed by atoms with Crippen molar-refractivity contribution < 1.29 is 9.13 Å². The standard InChI is InChI=1S/C21H18BrClFNO/c22-18-9-10-21(26-14-16-6-2-4-8-20(16)24)17(11-18)13-25-12-15-5-1-3-7-19(15)23/h1-11,25H,12-14H2. The number of benzene rings is 3. The molecule has 0 fully saturated rings. The van der Waals surface area contributed by atoms with Gasteiger partial charge >= 0.3 is 0 Å². The van der Waals surface area contributed by atoms with Gasteiger partial charge in [-0.2, -0.15) is 0 Å². The number of rotatable bonds is 7. The third-order valence-electron chi connectivity index (χ3n) is 3.95. The summed E-state index contributed by atoms with van der Waals surface area (Å²) in [7, 11) is 0. The third kappa shape index (κ3) is 5.07. The molecule has 5 heteroatoms. The van der Waals surface area contributed by atoms with Gasteiger partial charge in [-0.1, -0.05) is 63.9 Å². The van der Waals surface area contributed by atoms with Crippen LogP contribution in [0, 0.1) is 5.82 Å². The second kappa shape index (κ2) is 9.17. The molecule has 0 atom stereocenters. The van der Waals surface area contributed by atoms with Gasteiger partial charge in [0.1, 0.15) is 18.2 Å². The maximum Gasteiger partial charge on any atom is 0.129 e. The summed E-state index contributed by atoms with van der Waals surface area (Å²) in [6.45, 7) is 1.45. The second-order valence-corrected chi connectivity index (χ2v) is 7.15. The molecule has 0 aliphatic rings. The highest BCUT2D eigenvalue weighted by atomic mass is 79.9. The largest absolute Gasteiger partial charge is 0.488 e. The maximum atomic E-state index is 13.8. The smallest absolute Gasteiger partial charge is 0.129 e. The molecule has 0 amide bonds. The lowest BCUT2D eigenvalue weighted by atomic mass is 10.1. The lowest BCUT2D eigenvalue weighted by Crippen LogP contribution is -2.14. The van der Waals surface area contributed by atoms with Crippen LogP contribution < -0.4 is 10.1 Å². The Morgan fingerprint density at radius 3 is 2.35 bits per heavy atom. The number of ether oxygens (including phenoxy) is 1. The Hall–Kier alpha value is -1.88. The van der Waals surface area contributed by atoms with Crippen LogP contribution in [0.5, 0.6) is 5.75 Å². The second-order valence-electron chi connectivity index (χ2n) is 5.83. The predicted molar refractivity (Wildman–Crippen MR) is 107 cm³/mol. The summed E-state index contributed by atoms with van der Waals surface area (Å²) in [4.78, 5) is 0. The van der Waals surface area contributed by atoms with Gasteiger partial charge in [-0.15, -0.1) is 0 Å². The SMILES string of the molecule is Fc1ccccc1COc1ccc(Br)cc1CNCc1ccccc1Cl. The molecule has 3 aromatic carbocycles. The van der Waals surface area contributed by atoms with Gasteiger partial charge < -0.3 is 10.1 Å². The quantitative estimate of drug-likeness (QED) is 0.484. The van der Waals surface area contributed by atoms with Crippen molar-refractivity contribution in [2.45, 2.75) is 19.7 Å². The molecule has 0 spiro atoms. The van der Waals surface area contributed by atoms with E-state index in [9.17, 15) is 4.39 Å². The zero-order chi connectivity index (χ0) is 18.4. The van der Waals surface area contributed by atoms with E-state index in [4.69, 9.17) is 16.3 Å². The van der Waals surface area contributed by atoms with E-state index in [-0.39, 0.29) is 12.4 Å². The first-order chi connectivity index (χ1) is 12.6. The fourth-order valence-electron chi connectivity index (χ4n) is 2.57. The van der Waals surface area contributed by atoms with Crippen LogP contribution in [0.2, 0.25) is 5.02 Å². The summed E-state index contributed by atoms with van der Waals surface area (Å²) < 4.78 is 20.6. The molecule has 0 aliphatic carbocycles. The van der Waals surface area contributed by atoms with E-state index >= 15 is 0 Å². The molecule has 0 saturated heterocycles. The van der Waals surface area contributed by atoms with Gasteiger partial charge in [0.2, 0.25) is 0 Å². The average molecular weight is 435 g/mol. The summed E-state index contributed by atoms with van der Waals surface area (Å²) >= 11 is 9.68. The topological polar surface area (TPSA) is 21.3 Å². The van der Waals surface area contributed by atoms with Crippen LogP contribution in [0.25, 0.3) is 0 Å². The van der Waals surface area contributed by atoms with Crippen molar-refractivity contribution in [2.24, 2.45) is 0 Å². The number of halogens is 3. The summed E-state index contributed by atoms with van der Waals surface area (Å²) in [5.74, 6) is 0.464. The third-order valence-corrected chi connectivity index (χ3v) is 4.81. The van der Waals surface area contributed by atoms with Crippen molar-refractivity contribution in [3.63, 3.8) is 0 Å². The Bertz CT molecular complexity index is 887. The van der Waals surface area contributed by atoms with E-state index in [1.54, 1.807) is 18.2 Å². The minimum atomic E-state index is -0.261. The van der Waals surface area contributed by atoms with Crippen LogP contribution in [0.15, 0.2) is 71.2 Å². The molecule has 2 nitrogen and oxygen atoms in total. The van der Waals surface area contributed by atoms with Gasteiger partial charge in [0.15, 0.2) is 0 Å². The molecular formula is C21H18BrClFNO. The molecule has 0 bridgehead atoms. The molecule has 0 aliphatic heterocycles. The highest BCUT2D eigenvalue weighted by Crippen LogP contribution is 2.25. The molecule has 26 heavy (non-hydrogen) atoms. The molecule has 3 rings (SSSR count). The van der Waals surface area contributed by atoms with Crippen LogP contribution in [-0.4, -0.2) is 0 Å². The first-order valence-corrected chi connectivity index (χ1v) is 9.39. The first kappa shape index (κ1) is 18.9. The van der Waals surface area contributed by atoms with Gasteiger partial charge in [-0.05, 0) is 35.9 Å². The highest BCUT2D eigenvalue weighted by molar-refractivity contribution is 9.10. The molecule has 0 unspecified atom stereocenters. The predicted octanol–water partition coefficient (Wildman–Crippen LogP) is 6.11. The fraction of sp³-hybridized carbons (Fsp3) is 0.143. The zero-order valence-corrected chi connectivity index (χ0v) is 16.4. The van der Waals surface area contributed by atoms with Gasteiger partial charge in [-0.3, -0.25) is 0 Å². The van der Waals surface area contributed by atoms with Crippen LogP contribution in [-0.2, 0) is 19.7 Å². The van der Waals surface area contributed by atoms with Crippen molar-refractivity contribution in [1.82, 2.24) is 5.32 Å². The minimum Gasteiger partial charge on any atom is -0.488 e. The van der Waals surface area contributed by atoms with Crippen molar-refractivity contribution in [2.75, 3.05) is 0 Å². The van der Waals surface area contributed by atoms with Crippen LogP contribution >= 0.6 is 27.5 Å². The van der Waals surface area contributed by atoms with Gasteiger partial charge in [-0.25, -0.2) is 4.39 Å². The van der Waals surface area contributed by atoms with E-state index in [2.05, 4.69) is 21.2 Å². The molecule has 1 N–H and O–H groups in total. The summed E-state index contributed by atoms with van der Waals surface area (Å²) in [5.41, 5.74) is 2.56. The molecule has 134 valence electrons. The molecule has 0 heterocycles. The molecular weight excluding hydrogens is 417 g/mol. The number of nitrogens with one attached hydrogen (secondary N) is 1.